The van der Waals surface area contributed by atoms with E-state index >= 15 is 0 Å². The van der Waals surface area contributed by atoms with Crippen molar-refractivity contribution in [3.63, 3.8) is 0 Å². The standard InChI is InChI=1S/C15H31F3N4.HI/c1-4-19-14(21-12-10-15(16,17)18)20-11-8-6-5-7-9-13-22(2)3;/h4-13H2,1-3H3,(H2,19,20,21);1H. The van der Waals surface area contributed by atoms with Gasteiger partial charge in [-0.1, -0.05) is 19.3 Å². The summed E-state index contributed by atoms with van der Waals surface area (Å²) in [6, 6.07) is 0. The zero-order chi connectivity index (χ0) is 16.8. The minimum absolute atomic E-state index is 0. The van der Waals surface area contributed by atoms with Gasteiger partial charge < -0.3 is 15.5 Å². The maximum atomic E-state index is 12.1. The lowest BCUT2D eigenvalue weighted by atomic mass is 10.1. The summed E-state index contributed by atoms with van der Waals surface area (Å²) in [5.41, 5.74) is 0. The Bertz CT molecular complexity index is 297. The highest BCUT2D eigenvalue weighted by molar-refractivity contribution is 14.0. The van der Waals surface area contributed by atoms with E-state index in [2.05, 4.69) is 34.6 Å². The summed E-state index contributed by atoms with van der Waals surface area (Å²) in [5.74, 6) is 0.472. The molecule has 140 valence electrons. The second-order valence-electron chi connectivity index (χ2n) is 5.62. The summed E-state index contributed by atoms with van der Waals surface area (Å²) in [5, 5.41) is 5.67. The molecule has 23 heavy (non-hydrogen) atoms. The highest BCUT2D eigenvalue weighted by Gasteiger charge is 2.26. The molecule has 0 radical (unpaired) electrons. The smallest absolute Gasteiger partial charge is 0.357 e. The molecular formula is C15H32F3IN4. The Labute approximate surface area is 155 Å². The molecule has 0 heterocycles. The van der Waals surface area contributed by atoms with E-state index in [1.165, 1.54) is 19.3 Å². The number of alkyl halides is 3. The molecule has 0 amide bonds. The average molecular weight is 452 g/mol. The van der Waals surface area contributed by atoms with E-state index in [0.29, 0.717) is 19.0 Å². The van der Waals surface area contributed by atoms with Crippen LogP contribution in [0.2, 0.25) is 0 Å². The summed E-state index contributed by atoms with van der Waals surface area (Å²) in [4.78, 5) is 6.48. The Hall–Kier alpha value is -0.250. The summed E-state index contributed by atoms with van der Waals surface area (Å²) in [6.07, 6.45) is 0.710. The monoisotopic (exact) mass is 452 g/mol. The number of guanidine groups is 1. The fraction of sp³-hybridized carbons (Fsp3) is 0.933. The van der Waals surface area contributed by atoms with Crippen molar-refractivity contribution in [1.29, 1.82) is 0 Å². The first-order valence-corrected chi connectivity index (χ1v) is 8.09. The number of nitrogens with one attached hydrogen (secondary N) is 2. The molecule has 0 atom stereocenters. The largest absolute Gasteiger partial charge is 0.390 e. The van der Waals surface area contributed by atoms with Crippen molar-refractivity contribution in [2.24, 2.45) is 4.99 Å². The van der Waals surface area contributed by atoms with E-state index in [1.807, 2.05) is 6.92 Å². The summed E-state index contributed by atoms with van der Waals surface area (Å²) in [7, 11) is 4.14. The molecule has 0 aromatic rings. The van der Waals surface area contributed by atoms with Gasteiger partial charge in [-0.3, -0.25) is 4.99 Å². The maximum Gasteiger partial charge on any atom is 0.390 e. The third kappa shape index (κ3) is 19.7. The molecule has 2 N–H and O–H groups in total. The van der Waals surface area contributed by atoms with Gasteiger partial charge in [0.25, 0.3) is 0 Å². The molecule has 0 rings (SSSR count). The van der Waals surface area contributed by atoms with Gasteiger partial charge in [0.05, 0.1) is 6.42 Å². The fourth-order valence-electron chi connectivity index (χ4n) is 1.93. The number of halogens is 4. The molecule has 0 aliphatic rings. The lowest BCUT2D eigenvalue weighted by molar-refractivity contribution is -0.132. The third-order valence-electron chi connectivity index (χ3n) is 3.08. The summed E-state index contributed by atoms with van der Waals surface area (Å²) in [6.45, 7) is 4.16. The quantitative estimate of drug-likeness (QED) is 0.218. The van der Waals surface area contributed by atoms with Crippen molar-refractivity contribution in [3.05, 3.63) is 0 Å². The van der Waals surface area contributed by atoms with Gasteiger partial charge in [-0.25, -0.2) is 0 Å². The first kappa shape index (κ1) is 25.0. The van der Waals surface area contributed by atoms with Gasteiger partial charge >= 0.3 is 6.18 Å². The summed E-state index contributed by atoms with van der Waals surface area (Å²) >= 11 is 0. The second kappa shape index (κ2) is 15.3. The van der Waals surface area contributed by atoms with Crippen LogP contribution < -0.4 is 10.6 Å². The number of hydrogen-bond donors (Lipinski definition) is 2. The van der Waals surface area contributed by atoms with E-state index in [9.17, 15) is 13.2 Å². The molecule has 0 fully saturated rings. The van der Waals surface area contributed by atoms with Gasteiger partial charge in [0.15, 0.2) is 5.96 Å². The lowest BCUT2D eigenvalue weighted by Gasteiger charge is -2.12. The Morgan fingerprint density at radius 1 is 1.00 bits per heavy atom. The van der Waals surface area contributed by atoms with Crippen LogP contribution in [0.3, 0.4) is 0 Å². The molecule has 8 heteroatoms. The van der Waals surface area contributed by atoms with Crippen LogP contribution in [0.4, 0.5) is 13.2 Å². The van der Waals surface area contributed by atoms with Crippen LogP contribution in [0.5, 0.6) is 0 Å². The second-order valence-corrected chi connectivity index (χ2v) is 5.62. The minimum atomic E-state index is -4.13. The normalized spacial score (nSPS) is 12.2. The molecule has 0 aliphatic carbocycles. The molecule has 4 nitrogen and oxygen atoms in total. The van der Waals surface area contributed by atoms with Crippen LogP contribution in [0.15, 0.2) is 4.99 Å². The zero-order valence-electron chi connectivity index (χ0n) is 14.5. The number of unbranched alkanes of at least 4 members (excludes halogenated alkanes) is 4. The molecule has 0 aliphatic heterocycles. The fourth-order valence-corrected chi connectivity index (χ4v) is 1.93. The van der Waals surface area contributed by atoms with E-state index in [4.69, 9.17) is 0 Å². The highest BCUT2D eigenvalue weighted by atomic mass is 127. The molecule has 0 aromatic carbocycles. The lowest BCUT2D eigenvalue weighted by Crippen LogP contribution is -2.39. The number of aliphatic imine (C=N–C) groups is 1. The van der Waals surface area contributed by atoms with E-state index in [1.54, 1.807) is 0 Å². The van der Waals surface area contributed by atoms with Gasteiger partial charge in [-0.2, -0.15) is 13.2 Å². The third-order valence-corrected chi connectivity index (χ3v) is 3.08. The Morgan fingerprint density at radius 3 is 2.17 bits per heavy atom. The maximum absolute atomic E-state index is 12.1. The molecule has 0 bridgehead atoms. The first-order chi connectivity index (χ1) is 10.3. The van der Waals surface area contributed by atoms with Gasteiger partial charge in [0.1, 0.15) is 0 Å². The molecular weight excluding hydrogens is 420 g/mol. The van der Waals surface area contributed by atoms with Crippen molar-refractivity contribution in [2.45, 2.75) is 51.6 Å². The molecule has 0 spiro atoms. The van der Waals surface area contributed by atoms with Crippen LogP contribution in [0.1, 0.15) is 45.4 Å². The zero-order valence-corrected chi connectivity index (χ0v) is 16.8. The van der Waals surface area contributed by atoms with Crippen LogP contribution >= 0.6 is 24.0 Å². The number of rotatable bonds is 11. The van der Waals surface area contributed by atoms with Gasteiger partial charge in [0, 0.05) is 19.6 Å². The van der Waals surface area contributed by atoms with Crippen LogP contribution in [-0.4, -0.2) is 57.3 Å². The predicted molar refractivity (Wildman–Crippen MR) is 102 cm³/mol. The number of hydrogen-bond acceptors (Lipinski definition) is 2. The Morgan fingerprint density at radius 2 is 1.61 bits per heavy atom. The van der Waals surface area contributed by atoms with Crippen LogP contribution in [0, 0.1) is 0 Å². The minimum Gasteiger partial charge on any atom is -0.357 e. The summed E-state index contributed by atoms with van der Waals surface area (Å²) < 4.78 is 36.3. The topological polar surface area (TPSA) is 39.7 Å². The Kier molecular flexibility index (Phi) is 16.6. The molecule has 0 saturated heterocycles. The highest BCUT2D eigenvalue weighted by Crippen LogP contribution is 2.18. The molecule has 0 unspecified atom stereocenters. The number of nitrogens with zero attached hydrogens (tertiary/aromatic N) is 2. The SMILES string of the molecule is CCNC(=NCCCCCCCN(C)C)NCCC(F)(F)F.I. The first-order valence-electron chi connectivity index (χ1n) is 8.09. The van der Waals surface area contributed by atoms with E-state index in [-0.39, 0.29) is 30.5 Å². The van der Waals surface area contributed by atoms with Crippen molar-refractivity contribution in [3.8, 4) is 0 Å². The van der Waals surface area contributed by atoms with E-state index < -0.39 is 12.6 Å². The molecule has 0 saturated carbocycles. The Balaban J connectivity index is 0. The van der Waals surface area contributed by atoms with Crippen LogP contribution in [-0.2, 0) is 0 Å². The predicted octanol–water partition coefficient (Wildman–Crippen LogP) is 3.62. The van der Waals surface area contributed by atoms with Crippen molar-refractivity contribution in [1.82, 2.24) is 15.5 Å². The average Bonchev–Trinajstić information content (AvgIpc) is 2.40. The van der Waals surface area contributed by atoms with Crippen LogP contribution in [0.25, 0.3) is 0 Å². The van der Waals surface area contributed by atoms with Gasteiger partial charge in [-0.15, -0.1) is 24.0 Å². The van der Waals surface area contributed by atoms with Crippen molar-refractivity contribution >= 4 is 29.9 Å². The molecule has 0 aromatic heterocycles. The van der Waals surface area contributed by atoms with Crippen molar-refractivity contribution < 1.29 is 13.2 Å². The van der Waals surface area contributed by atoms with Gasteiger partial charge in [-0.05, 0) is 40.4 Å². The van der Waals surface area contributed by atoms with E-state index in [0.717, 1.165) is 19.4 Å². The van der Waals surface area contributed by atoms with Gasteiger partial charge in [0.2, 0.25) is 0 Å². The van der Waals surface area contributed by atoms with Crippen molar-refractivity contribution in [2.75, 3.05) is 40.3 Å².